The van der Waals surface area contributed by atoms with Crippen molar-refractivity contribution in [1.29, 1.82) is 0 Å². The van der Waals surface area contributed by atoms with E-state index in [0.717, 1.165) is 0 Å². The predicted molar refractivity (Wildman–Crippen MR) is 74.7 cm³/mol. The number of carbonyl (C=O) groups is 2. The molecule has 1 aromatic carbocycles. The highest BCUT2D eigenvalue weighted by molar-refractivity contribution is 5.97. The smallest absolute Gasteiger partial charge is 0.252 e. The summed E-state index contributed by atoms with van der Waals surface area (Å²) in [6, 6.07) is 6.48. The van der Waals surface area contributed by atoms with Crippen molar-refractivity contribution in [3.05, 3.63) is 35.4 Å². The third-order valence-corrected chi connectivity index (χ3v) is 2.06. The first-order valence-electron chi connectivity index (χ1n) is 4.94. The van der Waals surface area contributed by atoms with Crippen LogP contribution in [0.15, 0.2) is 24.3 Å². The molecule has 2 amide bonds. The van der Waals surface area contributed by atoms with E-state index in [4.69, 9.17) is 0 Å². The van der Waals surface area contributed by atoms with E-state index in [1.807, 2.05) is 0 Å². The summed E-state index contributed by atoms with van der Waals surface area (Å²) in [5, 5.41) is 7.99. The molecule has 1 rings (SSSR count). The number of nitrogens with one attached hydrogen (secondary N) is 3. The van der Waals surface area contributed by atoms with Crippen LogP contribution in [-0.4, -0.2) is 32.6 Å². The van der Waals surface area contributed by atoms with Gasteiger partial charge in [-0.3, -0.25) is 9.59 Å². The molecule has 0 aliphatic rings. The van der Waals surface area contributed by atoms with Crippen LogP contribution in [-0.2, 0) is 0 Å². The van der Waals surface area contributed by atoms with Gasteiger partial charge >= 0.3 is 0 Å². The van der Waals surface area contributed by atoms with Gasteiger partial charge in [0.2, 0.25) is 0 Å². The van der Waals surface area contributed by atoms with E-state index in [-0.39, 0.29) is 26.7 Å². The van der Waals surface area contributed by atoms with Gasteiger partial charge in [-0.25, -0.2) is 0 Å². The monoisotopic (exact) mass is 253 g/mol. The zero-order chi connectivity index (χ0) is 12.0. The van der Waals surface area contributed by atoms with Crippen molar-refractivity contribution in [3.8, 4) is 0 Å². The van der Waals surface area contributed by atoms with E-state index in [0.29, 0.717) is 17.8 Å². The second-order valence-corrected chi connectivity index (χ2v) is 3.19. The average molecular weight is 253 g/mol. The summed E-state index contributed by atoms with van der Waals surface area (Å²) in [6.07, 6.45) is 0. The van der Waals surface area contributed by atoms with Crippen molar-refractivity contribution >= 4 is 11.8 Å². The number of hydrogen-bond donors (Lipinski definition) is 3. The summed E-state index contributed by atoms with van der Waals surface area (Å²) in [4.78, 5) is 22.7. The third-order valence-electron chi connectivity index (χ3n) is 2.06. The molecule has 0 saturated carbocycles. The molecule has 5 nitrogen and oxygen atoms in total. The van der Waals surface area contributed by atoms with E-state index in [1.165, 1.54) is 0 Å². The molecule has 0 saturated heterocycles. The fourth-order valence-electron chi connectivity index (χ4n) is 1.19. The van der Waals surface area contributed by atoms with Crippen LogP contribution in [0.3, 0.4) is 0 Å². The number of benzene rings is 1. The minimum Gasteiger partial charge on any atom is -0.355 e. The van der Waals surface area contributed by atoms with Crippen molar-refractivity contribution in [2.45, 2.75) is 14.9 Å². The van der Waals surface area contributed by atoms with Crippen LogP contribution in [0.5, 0.6) is 0 Å². The van der Waals surface area contributed by atoms with Gasteiger partial charge in [-0.15, -0.1) is 0 Å². The largest absolute Gasteiger partial charge is 0.355 e. The Bertz CT molecular complexity index is 374. The maximum atomic E-state index is 11.5. The Hall–Kier alpha value is -1.88. The van der Waals surface area contributed by atoms with Crippen LogP contribution in [0, 0.1) is 0 Å². The Labute approximate surface area is 109 Å². The van der Waals surface area contributed by atoms with E-state index in [9.17, 15) is 9.59 Å². The number of carbonyl (C=O) groups excluding carboxylic acids is 2. The van der Waals surface area contributed by atoms with Gasteiger partial charge in [0.05, 0.1) is 6.67 Å². The summed E-state index contributed by atoms with van der Waals surface area (Å²) < 4.78 is 0. The lowest BCUT2D eigenvalue weighted by molar-refractivity contribution is 0.0944. The summed E-state index contributed by atoms with van der Waals surface area (Å²) in [7, 11) is 3.31. The number of rotatable bonds is 4. The quantitative estimate of drug-likeness (QED) is 0.707. The van der Waals surface area contributed by atoms with Crippen molar-refractivity contribution in [1.82, 2.24) is 16.0 Å². The highest BCUT2D eigenvalue weighted by Crippen LogP contribution is 2.04. The Morgan fingerprint density at radius 3 is 1.78 bits per heavy atom. The van der Waals surface area contributed by atoms with Crippen molar-refractivity contribution in [2.24, 2.45) is 0 Å². The van der Waals surface area contributed by atoms with Crippen molar-refractivity contribution in [3.63, 3.8) is 0 Å². The van der Waals surface area contributed by atoms with E-state index >= 15 is 0 Å². The van der Waals surface area contributed by atoms with E-state index < -0.39 is 0 Å². The SMILES string of the molecule is C.C.CNCNC(=O)c1ccc(C(=O)NC)cc1. The Balaban J connectivity index is 0. The lowest BCUT2D eigenvalue weighted by Gasteiger charge is -2.05. The fraction of sp³-hybridized carbons (Fsp3) is 0.385. The van der Waals surface area contributed by atoms with Gasteiger partial charge in [-0.05, 0) is 31.3 Å². The summed E-state index contributed by atoms with van der Waals surface area (Å²) in [5.41, 5.74) is 1.07. The second-order valence-electron chi connectivity index (χ2n) is 3.19. The molecule has 0 aliphatic carbocycles. The third kappa shape index (κ3) is 4.97. The van der Waals surface area contributed by atoms with Crippen molar-refractivity contribution < 1.29 is 9.59 Å². The Morgan fingerprint density at radius 1 is 0.944 bits per heavy atom. The maximum Gasteiger partial charge on any atom is 0.252 e. The first kappa shape index (κ1) is 18.5. The fourth-order valence-corrected chi connectivity index (χ4v) is 1.19. The minimum absolute atomic E-state index is 0. The molecule has 5 heteroatoms. The highest BCUT2D eigenvalue weighted by atomic mass is 16.2. The van der Waals surface area contributed by atoms with E-state index in [1.54, 1.807) is 38.4 Å². The molecule has 0 spiro atoms. The molecule has 0 fully saturated rings. The van der Waals surface area contributed by atoms with E-state index in [2.05, 4.69) is 16.0 Å². The molecule has 0 radical (unpaired) electrons. The van der Waals surface area contributed by atoms with Gasteiger partial charge < -0.3 is 16.0 Å². The molecule has 3 N–H and O–H groups in total. The summed E-state index contributed by atoms with van der Waals surface area (Å²) in [5.74, 6) is -0.333. The summed E-state index contributed by atoms with van der Waals surface area (Å²) in [6.45, 7) is 0.413. The molecular formula is C13H23N3O2. The first-order valence-corrected chi connectivity index (χ1v) is 4.94. The number of amides is 2. The zero-order valence-electron chi connectivity index (χ0n) is 9.33. The van der Waals surface area contributed by atoms with Crippen molar-refractivity contribution in [2.75, 3.05) is 20.8 Å². The highest BCUT2D eigenvalue weighted by Gasteiger charge is 2.06. The standard InChI is InChI=1S/C11H15N3O2.2CH4/c1-12-7-14-11(16)9-5-3-8(4-6-9)10(15)13-2;;/h3-6,12H,7H2,1-2H3,(H,13,15)(H,14,16);2*1H4. The molecule has 0 bridgehead atoms. The molecule has 0 atom stereocenters. The maximum absolute atomic E-state index is 11.5. The summed E-state index contributed by atoms with van der Waals surface area (Å²) >= 11 is 0. The number of hydrogen-bond acceptors (Lipinski definition) is 3. The normalized spacial score (nSPS) is 8.56. The first-order chi connectivity index (χ1) is 7.69. The molecule has 0 unspecified atom stereocenters. The van der Waals surface area contributed by atoms with Crippen LogP contribution < -0.4 is 16.0 Å². The molecule has 0 aliphatic heterocycles. The predicted octanol–water partition coefficient (Wildman–Crippen LogP) is 1.23. The van der Waals surface area contributed by atoms with Crippen LogP contribution in [0.25, 0.3) is 0 Å². The lowest BCUT2D eigenvalue weighted by Crippen LogP contribution is -2.31. The van der Waals surface area contributed by atoms with Crippen LogP contribution in [0.4, 0.5) is 0 Å². The second kappa shape index (κ2) is 9.18. The van der Waals surface area contributed by atoms with Gasteiger partial charge in [0.1, 0.15) is 0 Å². The van der Waals surface area contributed by atoms with Crippen LogP contribution >= 0.6 is 0 Å². The van der Waals surface area contributed by atoms with Gasteiger partial charge in [0, 0.05) is 18.2 Å². The average Bonchev–Trinajstić information content (AvgIpc) is 2.35. The van der Waals surface area contributed by atoms with Crippen LogP contribution in [0.1, 0.15) is 35.6 Å². The topological polar surface area (TPSA) is 70.2 Å². The van der Waals surface area contributed by atoms with Crippen LogP contribution in [0.2, 0.25) is 0 Å². The molecule has 18 heavy (non-hydrogen) atoms. The molecule has 102 valence electrons. The van der Waals surface area contributed by atoms with Gasteiger partial charge in [0.25, 0.3) is 11.8 Å². The molecule has 0 heterocycles. The lowest BCUT2D eigenvalue weighted by atomic mass is 10.1. The molecule has 0 aromatic heterocycles. The van der Waals surface area contributed by atoms with Gasteiger partial charge in [0.15, 0.2) is 0 Å². The van der Waals surface area contributed by atoms with Gasteiger partial charge in [-0.2, -0.15) is 0 Å². The Morgan fingerprint density at radius 2 is 1.39 bits per heavy atom. The van der Waals surface area contributed by atoms with Gasteiger partial charge in [-0.1, -0.05) is 14.9 Å². The molecular weight excluding hydrogens is 230 g/mol. The zero-order valence-corrected chi connectivity index (χ0v) is 9.33. The molecule has 1 aromatic rings. The Kier molecular flexibility index (Phi) is 9.43. The minimum atomic E-state index is -0.169.